The van der Waals surface area contributed by atoms with Gasteiger partial charge in [-0.15, -0.1) is 0 Å². The number of carbonyl (C=O) groups excluding carboxylic acids is 1. The zero-order valence-electron chi connectivity index (χ0n) is 25.9. The van der Waals surface area contributed by atoms with E-state index in [1.54, 1.807) is 24.3 Å². The topological polar surface area (TPSA) is 77.9 Å². The molecule has 0 saturated carbocycles. The van der Waals surface area contributed by atoms with Gasteiger partial charge in [-0.05, 0) is 73.2 Å². The highest BCUT2D eigenvalue weighted by Gasteiger charge is 2.11. The molecular formula is C37H46N4O2. The number of aryl methyl sites for hydroxylation is 2. The summed E-state index contributed by atoms with van der Waals surface area (Å²) < 4.78 is 5.60. The standard InChI is InChI=1S/C37H46N4O2/c1-3-5-7-9-10-11-12-14-16-30-27-38-35(39-28-30)31-17-19-33(20-18-31)37(42)43-34-23-21-32(22-24-34)36-40-25-29(26-41-36)15-13-8-6-4-2/h17-28H,3-16H2,1-2H3. The minimum Gasteiger partial charge on any atom is -0.423 e. The lowest BCUT2D eigenvalue weighted by Gasteiger charge is -2.07. The number of ether oxygens (including phenoxy) is 1. The van der Waals surface area contributed by atoms with Crippen molar-refractivity contribution in [3.63, 3.8) is 0 Å². The maximum atomic E-state index is 12.8. The Morgan fingerprint density at radius 2 is 0.930 bits per heavy atom. The second kappa shape index (κ2) is 17.9. The number of esters is 1. The van der Waals surface area contributed by atoms with E-state index in [-0.39, 0.29) is 0 Å². The Hall–Kier alpha value is -3.93. The number of hydrogen-bond donors (Lipinski definition) is 0. The van der Waals surface area contributed by atoms with Gasteiger partial charge in [0.25, 0.3) is 0 Å². The molecule has 0 spiro atoms. The molecule has 0 radical (unpaired) electrons. The van der Waals surface area contributed by atoms with E-state index in [0.29, 0.717) is 23.0 Å². The molecule has 0 aliphatic heterocycles. The van der Waals surface area contributed by atoms with Crippen LogP contribution in [0.3, 0.4) is 0 Å². The molecule has 6 nitrogen and oxygen atoms in total. The Morgan fingerprint density at radius 3 is 1.40 bits per heavy atom. The Labute approximate surface area is 257 Å². The molecule has 43 heavy (non-hydrogen) atoms. The molecule has 0 N–H and O–H groups in total. The van der Waals surface area contributed by atoms with Gasteiger partial charge in [0.2, 0.25) is 0 Å². The Balaban J connectivity index is 1.22. The van der Waals surface area contributed by atoms with Crippen LogP contribution in [0.4, 0.5) is 0 Å². The largest absolute Gasteiger partial charge is 0.423 e. The van der Waals surface area contributed by atoms with Crippen LogP contribution in [0.25, 0.3) is 22.8 Å². The van der Waals surface area contributed by atoms with Gasteiger partial charge in [0.1, 0.15) is 5.75 Å². The number of rotatable bonds is 18. The highest BCUT2D eigenvalue weighted by Crippen LogP contribution is 2.22. The lowest BCUT2D eigenvalue weighted by atomic mass is 10.1. The van der Waals surface area contributed by atoms with Crippen molar-refractivity contribution in [2.45, 2.75) is 104 Å². The number of carbonyl (C=O) groups is 1. The summed E-state index contributed by atoms with van der Waals surface area (Å²) in [4.78, 5) is 30.9. The second-order valence-corrected chi connectivity index (χ2v) is 11.4. The molecule has 6 heteroatoms. The normalized spacial score (nSPS) is 11.0. The number of aromatic nitrogens is 4. The predicted octanol–water partition coefficient (Wildman–Crippen LogP) is 9.63. The van der Waals surface area contributed by atoms with Crippen LogP contribution in [0.2, 0.25) is 0 Å². The van der Waals surface area contributed by atoms with Crippen LogP contribution in [0.5, 0.6) is 5.75 Å². The average Bonchev–Trinajstić information content (AvgIpc) is 3.05. The molecule has 2 heterocycles. The van der Waals surface area contributed by atoms with Crippen LogP contribution >= 0.6 is 0 Å². The SMILES string of the molecule is CCCCCCCCCCc1cnc(-c2ccc(C(=O)Oc3ccc(-c4ncc(CCCCCC)cn4)cc3)cc2)nc1. The van der Waals surface area contributed by atoms with Gasteiger partial charge in [0, 0.05) is 35.9 Å². The minimum atomic E-state index is -0.412. The monoisotopic (exact) mass is 578 g/mol. The molecule has 0 aliphatic rings. The van der Waals surface area contributed by atoms with E-state index in [9.17, 15) is 4.79 Å². The molecule has 2 aromatic heterocycles. The fourth-order valence-electron chi connectivity index (χ4n) is 5.08. The Kier molecular flexibility index (Phi) is 13.3. The summed E-state index contributed by atoms with van der Waals surface area (Å²) >= 11 is 0. The first-order valence-corrected chi connectivity index (χ1v) is 16.2. The van der Waals surface area contributed by atoms with Gasteiger partial charge in [-0.25, -0.2) is 24.7 Å². The number of unbranched alkanes of at least 4 members (excludes halogenated alkanes) is 10. The zero-order valence-corrected chi connectivity index (χ0v) is 25.9. The summed E-state index contributed by atoms with van der Waals surface area (Å²) in [5.74, 6) is 1.38. The molecule has 0 aliphatic carbocycles. The number of nitrogens with zero attached hydrogens (tertiary/aromatic N) is 4. The third-order valence-corrected chi connectivity index (χ3v) is 7.75. The lowest BCUT2D eigenvalue weighted by Crippen LogP contribution is -2.08. The Morgan fingerprint density at radius 1 is 0.535 bits per heavy atom. The van der Waals surface area contributed by atoms with Crippen molar-refractivity contribution in [2.75, 3.05) is 0 Å². The van der Waals surface area contributed by atoms with Crippen molar-refractivity contribution in [1.29, 1.82) is 0 Å². The van der Waals surface area contributed by atoms with Gasteiger partial charge in [-0.1, -0.05) is 90.2 Å². The summed E-state index contributed by atoms with van der Waals surface area (Å²) in [5, 5.41) is 0. The van der Waals surface area contributed by atoms with E-state index in [1.165, 1.54) is 82.6 Å². The van der Waals surface area contributed by atoms with E-state index in [0.717, 1.165) is 29.5 Å². The van der Waals surface area contributed by atoms with E-state index in [1.807, 2.05) is 49.1 Å². The van der Waals surface area contributed by atoms with Crippen molar-refractivity contribution < 1.29 is 9.53 Å². The maximum absolute atomic E-state index is 12.8. The van der Waals surface area contributed by atoms with Crippen LogP contribution in [-0.4, -0.2) is 25.9 Å². The van der Waals surface area contributed by atoms with E-state index in [2.05, 4.69) is 33.8 Å². The number of benzene rings is 2. The molecule has 0 saturated heterocycles. The minimum absolute atomic E-state index is 0.412. The highest BCUT2D eigenvalue weighted by atomic mass is 16.5. The summed E-state index contributed by atoms with van der Waals surface area (Å²) in [6.07, 6.45) is 25.1. The van der Waals surface area contributed by atoms with Crippen LogP contribution < -0.4 is 4.74 Å². The smallest absolute Gasteiger partial charge is 0.343 e. The first-order chi connectivity index (χ1) is 21.2. The molecular weight excluding hydrogens is 532 g/mol. The summed E-state index contributed by atoms with van der Waals surface area (Å²) in [7, 11) is 0. The number of hydrogen-bond acceptors (Lipinski definition) is 6. The van der Waals surface area contributed by atoms with Gasteiger partial charge in [0.05, 0.1) is 5.56 Å². The van der Waals surface area contributed by atoms with E-state index >= 15 is 0 Å². The molecule has 0 bridgehead atoms. The first kappa shape index (κ1) is 32.0. The first-order valence-electron chi connectivity index (χ1n) is 16.2. The Bertz CT molecular complexity index is 1350. The molecule has 4 rings (SSSR count). The average molecular weight is 579 g/mol. The highest BCUT2D eigenvalue weighted by molar-refractivity contribution is 5.91. The third kappa shape index (κ3) is 10.7. The van der Waals surface area contributed by atoms with Crippen LogP contribution in [-0.2, 0) is 12.8 Å². The second-order valence-electron chi connectivity index (χ2n) is 11.4. The molecule has 0 unspecified atom stereocenters. The summed E-state index contributed by atoms with van der Waals surface area (Å²) in [6, 6.07) is 14.5. The van der Waals surface area contributed by atoms with Crippen molar-refractivity contribution in [1.82, 2.24) is 19.9 Å². The fourth-order valence-corrected chi connectivity index (χ4v) is 5.08. The van der Waals surface area contributed by atoms with Crippen molar-refractivity contribution >= 4 is 5.97 Å². The van der Waals surface area contributed by atoms with E-state index < -0.39 is 5.97 Å². The van der Waals surface area contributed by atoms with Crippen molar-refractivity contribution in [3.05, 3.63) is 90.0 Å². The van der Waals surface area contributed by atoms with Crippen molar-refractivity contribution in [3.8, 4) is 28.5 Å². The van der Waals surface area contributed by atoms with Gasteiger partial charge in [-0.3, -0.25) is 0 Å². The third-order valence-electron chi connectivity index (χ3n) is 7.75. The van der Waals surface area contributed by atoms with E-state index in [4.69, 9.17) is 4.74 Å². The van der Waals surface area contributed by atoms with Crippen LogP contribution in [0, 0.1) is 0 Å². The molecule has 4 aromatic rings. The summed E-state index contributed by atoms with van der Waals surface area (Å²) in [5.41, 5.74) is 4.55. The van der Waals surface area contributed by atoms with Crippen LogP contribution in [0.15, 0.2) is 73.3 Å². The predicted molar refractivity (Wildman–Crippen MR) is 174 cm³/mol. The molecule has 0 amide bonds. The molecule has 0 atom stereocenters. The van der Waals surface area contributed by atoms with Crippen molar-refractivity contribution in [2.24, 2.45) is 0 Å². The van der Waals surface area contributed by atoms with Gasteiger partial charge >= 0.3 is 5.97 Å². The quantitative estimate of drug-likeness (QED) is 0.0664. The molecule has 2 aromatic carbocycles. The lowest BCUT2D eigenvalue weighted by molar-refractivity contribution is 0.0735. The van der Waals surface area contributed by atoms with Crippen LogP contribution in [0.1, 0.15) is 112 Å². The fraction of sp³-hybridized carbons (Fsp3) is 0.432. The maximum Gasteiger partial charge on any atom is 0.343 e. The summed E-state index contributed by atoms with van der Waals surface area (Å²) in [6.45, 7) is 4.47. The molecule has 226 valence electrons. The van der Waals surface area contributed by atoms with Gasteiger partial charge < -0.3 is 4.74 Å². The van der Waals surface area contributed by atoms with Gasteiger partial charge in [0.15, 0.2) is 11.6 Å². The van der Waals surface area contributed by atoms with Gasteiger partial charge in [-0.2, -0.15) is 0 Å². The molecule has 0 fully saturated rings. The zero-order chi connectivity index (χ0) is 30.1.